The number of halogens is 1. The Morgan fingerprint density at radius 2 is 2.05 bits per heavy atom. The van der Waals surface area contributed by atoms with Crippen LogP contribution in [0, 0.1) is 0 Å². The Hall–Kier alpha value is -1.55. The molecule has 0 amide bonds. The van der Waals surface area contributed by atoms with Crippen molar-refractivity contribution in [3.63, 3.8) is 0 Å². The Kier molecular flexibility index (Phi) is 3.66. The monoisotopic (exact) mass is 331 g/mol. The first-order valence-electron chi connectivity index (χ1n) is 6.96. The van der Waals surface area contributed by atoms with Crippen molar-refractivity contribution in [2.24, 2.45) is 0 Å². The van der Waals surface area contributed by atoms with Crippen LogP contribution in [0.4, 0.5) is 0 Å². The van der Waals surface area contributed by atoms with Crippen molar-refractivity contribution in [1.82, 2.24) is 14.3 Å². The van der Waals surface area contributed by atoms with E-state index >= 15 is 0 Å². The SMILES string of the molecule is CCC(C)n1ccc(Cn2ccc3cc(Br)ccc32)n1. The molecule has 2 aromatic heterocycles. The minimum Gasteiger partial charge on any atom is -0.341 e. The summed E-state index contributed by atoms with van der Waals surface area (Å²) in [4.78, 5) is 0. The fourth-order valence-electron chi connectivity index (χ4n) is 2.38. The third-order valence-corrected chi connectivity index (χ3v) is 4.26. The quantitative estimate of drug-likeness (QED) is 0.684. The van der Waals surface area contributed by atoms with Gasteiger partial charge in [0, 0.05) is 33.8 Å². The van der Waals surface area contributed by atoms with Gasteiger partial charge in [-0.15, -0.1) is 0 Å². The average Bonchev–Trinajstić information content (AvgIpc) is 3.06. The van der Waals surface area contributed by atoms with Crippen molar-refractivity contribution in [3.8, 4) is 0 Å². The molecular formula is C16H18BrN3. The molecule has 0 radical (unpaired) electrons. The molecule has 20 heavy (non-hydrogen) atoms. The summed E-state index contributed by atoms with van der Waals surface area (Å²) in [5.41, 5.74) is 2.34. The maximum Gasteiger partial charge on any atom is 0.0821 e. The fraction of sp³-hybridized carbons (Fsp3) is 0.312. The summed E-state index contributed by atoms with van der Waals surface area (Å²) in [6.45, 7) is 5.19. The molecule has 104 valence electrons. The molecule has 0 aliphatic carbocycles. The number of fused-ring (bicyclic) bond motifs is 1. The summed E-state index contributed by atoms with van der Waals surface area (Å²) in [6, 6.07) is 11.1. The molecule has 0 fully saturated rings. The van der Waals surface area contributed by atoms with E-state index in [4.69, 9.17) is 0 Å². The molecule has 4 heteroatoms. The Balaban J connectivity index is 1.87. The second-order valence-corrected chi connectivity index (χ2v) is 6.11. The molecule has 1 unspecified atom stereocenters. The maximum absolute atomic E-state index is 4.67. The van der Waals surface area contributed by atoms with Crippen molar-refractivity contribution in [3.05, 3.63) is 52.9 Å². The minimum atomic E-state index is 0.459. The van der Waals surface area contributed by atoms with E-state index in [0.717, 1.165) is 23.1 Å². The van der Waals surface area contributed by atoms with E-state index in [2.05, 4.69) is 86.9 Å². The molecule has 3 rings (SSSR count). The van der Waals surface area contributed by atoms with Crippen molar-refractivity contribution < 1.29 is 0 Å². The number of benzene rings is 1. The summed E-state index contributed by atoms with van der Waals surface area (Å²) in [6.07, 6.45) is 5.30. The zero-order valence-electron chi connectivity index (χ0n) is 11.8. The molecule has 3 aromatic rings. The molecular weight excluding hydrogens is 314 g/mol. The van der Waals surface area contributed by atoms with Gasteiger partial charge in [0.05, 0.1) is 12.2 Å². The lowest BCUT2D eigenvalue weighted by atomic mass is 10.2. The number of rotatable bonds is 4. The largest absolute Gasteiger partial charge is 0.341 e. The zero-order chi connectivity index (χ0) is 14.1. The summed E-state index contributed by atoms with van der Waals surface area (Å²) in [5.74, 6) is 0. The smallest absolute Gasteiger partial charge is 0.0821 e. The van der Waals surface area contributed by atoms with E-state index in [1.54, 1.807) is 0 Å². The van der Waals surface area contributed by atoms with E-state index in [-0.39, 0.29) is 0 Å². The predicted octanol–water partition coefficient (Wildman–Crippen LogP) is 4.62. The van der Waals surface area contributed by atoms with Crippen molar-refractivity contribution in [1.29, 1.82) is 0 Å². The van der Waals surface area contributed by atoms with Gasteiger partial charge in [-0.25, -0.2) is 0 Å². The highest BCUT2D eigenvalue weighted by molar-refractivity contribution is 9.10. The zero-order valence-corrected chi connectivity index (χ0v) is 13.3. The predicted molar refractivity (Wildman–Crippen MR) is 86.0 cm³/mol. The van der Waals surface area contributed by atoms with Crippen LogP contribution >= 0.6 is 15.9 Å². The van der Waals surface area contributed by atoms with Gasteiger partial charge in [0.15, 0.2) is 0 Å². The molecule has 0 aliphatic heterocycles. The molecule has 0 aliphatic rings. The fourth-order valence-corrected chi connectivity index (χ4v) is 2.76. The van der Waals surface area contributed by atoms with Crippen LogP contribution < -0.4 is 0 Å². The van der Waals surface area contributed by atoms with E-state index in [0.29, 0.717) is 6.04 Å². The summed E-state index contributed by atoms with van der Waals surface area (Å²) in [7, 11) is 0. The van der Waals surface area contributed by atoms with E-state index in [1.807, 2.05) is 0 Å². The summed E-state index contributed by atoms with van der Waals surface area (Å²) < 4.78 is 5.41. The van der Waals surface area contributed by atoms with Crippen molar-refractivity contribution in [2.75, 3.05) is 0 Å². The second kappa shape index (κ2) is 5.44. The summed E-state index contributed by atoms with van der Waals surface area (Å²) >= 11 is 3.51. The van der Waals surface area contributed by atoms with E-state index in [1.165, 1.54) is 10.9 Å². The van der Waals surface area contributed by atoms with Gasteiger partial charge in [-0.3, -0.25) is 4.68 Å². The molecule has 0 spiro atoms. The maximum atomic E-state index is 4.67. The van der Waals surface area contributed by atoms with Crippen LogP contribution in [-0.2, 0) is 6.54 Å². The molecule has 3 nitrogen and oxygen atoms in total. The lowest BCUT2D eigenvalue weighted by molar-refractivity contribution is 0.472. The van der Waals surface area contributed by atoms with Crippen LogP contribution in [0.15, 0.2) is 47.2 Å². The number of hydrogen-bond acceptors (Lipinski definition) is 1. The van der Waals surface area contributed by atoms with Crippen LogP contribution in [0.5, 0.6) is 0 Å². The lowest BCUT2D eigenvalue weighted by Crippen LogP contribution is -2.06. The Morgan fingerprint density at radius 3 is 2.85 bits per heavy atom. The van der Waals surface area contributed by atoms with Gasteiger partial charge in [-0.05, 0) is 43.7 Å². The first-order valence-corrected chi connectivity index (χ1v) is 7.75. The number of nitrogens with zero attached hydrogens (tertiary/aromatic N) is 3. The van der Waals surface area contributed by atoms with Gasteiger partial charge >= 0.3 is 0 Å². The first-order chi connectivity index (χ1) is 9.67. The van der Waals surface area contributed by atoms with Crippen molar-refractivity contribution in [2.45, 2.75) is 32.9 Å². The summed E-state index contributed by atoms with van der Waals surface area (Å²) in [5, 5.41) is 5.92. The Labute approximate surface area is 127 Å². The van der Waals surface area contributed by atoms with Gasteiger partial charge in [-0.1, -0.05) is 22.9 Å². The van der Waals surface area contributed by atoms with Crippen LogP contribution in [0.25, 0.3) is 10.9 Å². The standard InChI is InChI=1S/C16H18BrN3/c1-3-12(2)20-9-7-15(18-20)11-19-8-6-13-10-14(17)4-5-16(13)19/h4-10,12H,3,11H2,1-2H3. The average molecular weight is 332 g/mol. The van der Waals surface area contributed by atoms with Gasteiger partial charge in [-0.2, -0.15) is 5.10 Å². The normalized spacial score (nSPS) is 12.9. The van der Waals surface area contributed by atoms with Crippen LogP contribution in [0.3, 0.4) is 0 Å². The molecule has 0 bridgehead atoms. The van der Waals surface area contributed by atoms with Crippen molar-refractivity contribution >= 4 is 26.8 Å². The van der Waals surface area contributed by atoms with Gasteiger partial charge in [0.2, 0.25) is 0 Å². The molecule has 1 aromatic carbocycles. The number of aromatic nitrogens is 3. The van der Waals surface area contributed by atoms with Gasteiger partial charge in [0.25, 0.3) is 0 Å². The first kappa shape index (κ1) is 13.4. The molecule has 2 heterocycles. The van der Waals surface area contributed by atoms with E-state index < -0.39 is 0 Å². The minimum absolute atomic E-state index is 0.459. The number of hydrogen-bond donors (Lipinski definition) is 0. The van der Waals surface area contributed by atoms with Gasteiger partial charge in [0.1, 0.15) is 0 Å². The highest BCUT2D eigenvalue weighted by Gasteiger charge is 2.07. The topological polar surface area (TPSA) is 22.8 Å². The molecule has 0 saturated heterocycles. The third-order valence-electron chi connectivity index (χ3n) is 3.77. The lowest BCUT2D eigenvalue weighted by Gasteiger charge is -2.08. The highest BCUT2D eigenvalue weighted by Crippen LogP contribution is 2.21. The molecule has 0 N–H and O–H groups in total. The van der Waals surface area contributed by atoms with Gasteiger partial charge < -0.3 is 4.57 Å². The Morgan fingerprint density at radius 1 is 1.20 bits per heavy atom. The second-order valence-electron chi connectivity index (χ2n) is 5.19. The van der Waals surface area contributed by atoms with Crippen LogP contribution in [0.1, 0.15) is 32.0 Å². The highest BCUT2D eigenvalue weighted by atomic mass is 79.9. The molecule has 0 saturated carbocycles. The van der Waals surface area contributed by atoms with Crippen LogP contribution in [-0.4, -0.2) is 14.3 Å². The third kappa shape index (κ3) is 2.52. The van der Waals surface area contributed by atoms with Crippen LogP contribution in [0.2, 0.25) is 0 Å². The Bertz CT molecular complexity index is 726. The van der Waals surface area contributed by atoms with E-state index in [9.17, 15) is 0 Å². The molecule has 1 atom stereocenters.